The highest BCUT2D eigenvalue weighted by Crippen LogP contribution is 2.25. The van der Waals surface area contributed by atoms with Crippen LogP contribution in [0.2, 0.25) is 0 Å². The molecule has 0 unspecified atom stereocenters. The van der Waals surface area contributed by atoms with Crippen LogP contribution in [0, 0.1) is 11.3 Å². The standard InChI is InChI=1S/C11H10BrF3N2O2S/c12-9-6-8(7-16)2-3-10(9)17-20(18,19)5-1-4-11(13,14)15/h2-3,6,17H,1,4-5H2. The molecule has 0 saturated heterocycles. The summed E-state index contributed by atoms with van der Waals surface area (Å²) >= 11 is 3.08. The quantitative estimate of drug-likeness (QED) is 0.863. The zero-order valence-electron chi connectivity index (χ0n) is 10.0. The van der Waals surface area contributed by atoms with Crippen molar-refractivity contribution >= 4 is 31.6 Å². The monoisotopic (exact) mass is 370 g/mol. The number of halogens is 4. The van der Waals surface area contributed by atoms with Gasteiger partial charge in [0.2, 0.25) is 10.0 Å². The average Bonchev–Trinajstić information content (AvgIpc) is 2.29. The molecule has 0 heterocycles. The van der Waals surface area contributed by atoms with Crippen molar-refractivity contribution in [2.24, 2.45) is 0 Å². The van der Waals surface area contributed by atoms with E-state index in [0.29, 0.717) is 10.0 Å². The van der Waals surface area contributed by atoms with Crippen LogP contribution in [0.25, 0.3) is 0 Å². The van der Waals surface area contributed by atoms with Crippen LogP contribution < -0.4 is 4.72 Å². The molecule has 0 bridgehead atoms. The molecule has 1 aromatic carbocycles. The predicted octanol–water partition coefficient (Wildman–Crippen LogP) is 3.40. The number of nitrogens with zero attached hydrogens (tertiary/aromatic N) is 1. The highest BCUT2D eigenvalue weighted by molar-refractivity contribution is 9.10. The molecule has 0 aliphatic carbocycles. The summed E-state index contributed by atoms with van der Waals surface area (Å²) in [5.41, 5.74) is 0.507. The minimum Gasteiger partial charge on any atom is -0.282 e. The number of hydrogen-bond donors (Lipinski definition) is 1. The molecular weight excluding hydrogens is 361 g/mol. The number of alkyl halides is 3. The maximum absolute atomic E-state index is 12.0. The van der Waals surface area contributed by atoms with Crippen molar-refractivity contribution in [3.8, 4) is 6.07 Å². The van der Waals surface area contributed by atoms with Crippen LogP contribution in [0.5, 0.6) is 0 Å². The fourth-order valence-corrected chi connectivity index (χ4v) is 3.10. The van der Waals surface area contributed by atoms with Crippen molar-refractivity contribution in [1.82, 2.24) is 0 Å². The first kappa shape index (κ1) is 16.8. The van der Waals surface area contributed by atoms with Crippen molar-refractivity contribution in [3.63, 3.8) is 0 Å². The van der Waals surface area contributed by atoms with Crippen LogP contribution in [-0.4, -0.2) is 20.3 Å². The van der Waals surface area contributed by atoms with Gasteiger partial charge in [0, 0.05) is 10.9 Å². The van der Waals surface area contributed by atoms with Gasteiger partial charge in [-0.2, -0.15) is 18.4 Å². The van der Waals surface area contributed by atoms with Gasteiger partial charge in [-0.1, -0.05) is 0 Å². The summed E-state index contributed by atoms with van der Waals surface area (Å²) in [6.07, 6.45) is -6.03. The van der Waals surface area contributed by atoms with E-state index < -0.39 is 34.8 Å². The Kier molecular flexibility index (Phi) is 5.42. The number of benzene rings is 1. The van der Waals surface area contributed by atoms with Crippen LogP contribution in [0.3, 0.4) is 0 Å². The smallest absolute Gasteiger partial charge is 0.282 e. The fourth-order valence-electron chi connectivity index (χ4n) is 1.35. The molecule has 0 radical (unpaired) electrons. The molecule has 0 atom stereocenters. The molecule has 0 spiro atoms. The van der Waals surface area contributed by atoms with Gasteiger partial charge in [0.05, 0.1) is 23.1 Å². The Morgan fingerprint density at radius 2 is 2.00 bits per heavy atom. The van der Waals surface area contributed by atoms with Gasteiger partial charge in [0.1, 0.15) is 0 Å². The van der Waals surface area contributed by atoms with Gasteiger partial charge in [-0.25, -0.2) is 8.42 Å². The molecular formula is C11H10BrF3N2O2S. The summed E-state index contributed by atoms with van der Waals surface area (Å²) in [4.78, 5) is 0. The van der Waals surface area contributed by atoms with Crippen molar-refractivity contribution in [2.45, 2.75) is 19.0 Å². The lowest BCUT2D eigenvalue weighted by atomic mass is 10.2. The molecule has 0 aromatic heterocycles. The summed E-state index contributed by atoms with van der Waals surface area (Å²) in [6, 6.07) is 6.05. The molecule has 110 valence electrons. The Bertz CT molecular complexity index is 624. The van der Waals surface area contributed by atoms with Crippen LogP contribution in [0.4, 0.5) is 18.9 Å². The van der Waals surface area contributed by atoms with E-state index in [2.05, 4.69) is 20.7 Å². The molecule has 0 aliphatic rings. The van der Waals surface area contributed by atoms with E-state index >= 15 is 0 Å². The summed E-state index contributed by atoms with van der Waals surface area (Å²) in [7, 11) is -3.86. The first-order valence-electron chi connectivity index (χ1n) is 5.40. The maximum Gasteiger partial charge on any atom is 0.389 e. The Morgan fingerprint density at radius 1 is 1.35 bits per heavy atom. The third kappa shape index (κ3) is 5.79. The SMILES string of the molecule is N#Cc1ccc(NS(=O)(=O)CCCC(F)(F)F)c(Br)c1. The molecule has 20 heavy (non-hydrogen) atoms. The molecule has 0 fully saturated rings. The second kappa shape index (κ2) is 6.45. The van der Waals surface area contributed by atoms with Crippen LogP contribution >= 0.6 is 15.9 Å². The zero-order valence-corrected chi connectivity index (χ0v) is 12.4. The first-order chi connectivity index (χ1) is 9.13. The minimum atomic E-state index is -4.37. The van der Waals surface area contributed by atoms with Gasteiger partial charge in [0.25, 0.3) is 0 Å². The highest BCUT2D eigenvalue weighted by atomic mass is 79.9. The summed E-state index contributed by atoms with van der Waals surface area (Å²) in [6.45, 7) is 0. The van der Waals surface area contributed by atoms with Gasteiger partial charge in [-0.3, -0.25) is 4.72 Å². The Balaban J connectivity index is 2.70. The average molecular weight is 371 g/mol. The number of anilines is 1. The third-order valence-corrected chi connectivity index (χ3v) is 4.25. The van der Waals surface area contributed by atoms with Gasteiger partial charge in [0.15, 0.2) is 0 Å². The fraction of sp³-hybridized carbons (Fsp3) is 0.364. The van der Waals surface area contributed by atoms with Crippen LogP contribution in [0.15, 0.2) is 22.7 Å². The van der Waals surface area contributed by atoms with E-state index in [1.54, 1.807) is 0 Å². The number of nitriles is 1. The van der Waals surface area contributed by atoms with Gasteiger partial charge >= 0.3 is 6.18 Å². The third-order valence-electron chi connectivity index (χ3n) is 2.24. The second-order valence-corrected chi connectivity index (χ2v) is 6.64. The van der Waals surface area contributed by atoms with E-state index in [1.807, 2.05) is 6.07 Å². The Labute approximate surface area is 122 Å². The van der Waals surface area contributed by atoms with Crippen molar-refractivity contribution < 1.29 is 21.6 Å². The van der Waals surface area contributed by atoms with Crippen molar-refractivity contribution in [3.05, 3.63) is 28.2 Å². The number of nitrogens with one attached hydrogen (secondary N) is 1. The predicted molar refractivity (Wildman–Crippen MR) is 71.6 cm³/mol. The van der Waals surface area contributed by atoms with E-state index in [0.717, 1.165) is 0 Å². The largest absolute Gasteiger partial charge is 0.389 e. The van der Waals surface area contributed by atoms with Crippen LogP contribution in [-0.2, 0) is 10.0 Å². The lowest BCUT2D eigenvalue weighted by Gasteiger charge is -2.10. The molecule has 4 nitrogen and oxygen atoms in total. The molecule has 1 aromatic rings. The van der Waals surface area contributed by atoms with E-state index in [-0.39, 0.29) is 5.69 Å². The van der Waals surface area contributed by atoms with Gasteiger partial charge < -0.3 is 0 Å². The number of rotatable bonds is 5. The molecule has 0 amide bonds. The van der Waals surface area contributed by atoms with E-state index in [9.17, 15) is 21.6 Å². The van der Waals surface area contributed by atoms with Gasteiger partial charge in [-0.15, -0.1) is 0 Å². The highest BCUT2D eigenvalue weighted by Gasteiger charge is 2.27. The van der Waals surface area contributed by atoms with Gasteiger partial charge in [-0.05, 0) is 40.5 Å². The second-order valence-electron chi connectivity index (χ2n) is 3.95. The molecule has 9 heteroatoms. The molecule has 1 N–H and O–H groups in total. The van der Waals surface area contributed by atoms with Crippen molar-refractivity contribution in [2.75, 3.05) is 10.5 Å². The number of hydrogen-bond acceptors (Lipinski definition) is 3. The van der Waals surface area contributed by atoms with Crippen LogP contribution in [0.1, 0.15) is 18.4 Å². The van der Waals surface area contributed by atoms with E-state index in [4.69, 9.17) is 5.26 Å². The summed E-state index contributed by atoms with van der Waals surface area (Å²) in [5.74, 6) is -0.626. The maximum atomic E-state index is 12.0. The summed E-state index contributed by atoms with van der Waals surface area (Å²) < 4.78 is 61.6. The summed E-state index contributed by atoms with van der Waals surface area (Å²) in [5, 5.41) is 8.66. The molecule has 0 aliphatic heterocycles. The zero-order chi connectivity index (χ0) is 15.4. The lowest BCUT2D eigenvalue weighted by molar-refractivity contribution is -0.134. The normalized spacial score (nSPS) is 11.9. The first-order valence-corrected chi connectivity index (χ1v) is 7.84. The molecule has 1 rings (SSSR count). The molecule has 0 saturated carbocycles. The van der Waals surface area contributed by atoms with E-state index in [1.165, 1.54) is 18.2 Å². The Hall–Kier alpha value is -1.27. The number of sulfonamides is 1. The topological polar surface area (TPSA) is 70.0 Å². The minimum absolute atomic E-state index is 0.177. The van der Waals surface area contributed by atoms with Crippen molar-refractivity contribution in [1.29, 1.82) is 5.26 Å². The lowest BCUT2D eigenvalue weighted by Crippen LogP contribution is -2.19. The Morgan fingerprint density at radius 3 is 2.50 bits per heavy atom.